The average molecular weight is 230 g/mol. The van der Waals surface area contributed by atoms with Crippen molar-refractivity contribution in [1.29, 1.82) is 0 Å². The van der Waals surface area contributed by atoms with Gasteiger partial charge in [0.2, 0.25) is 5.91 Å². The molecule has 17 heavy (non-hydrogen) atoms. The van der Waals surface area contributed by atoms with Crippen LogP contribution in [0.25, 0.3) is 10.9 Å². The highest BCUT2D eigenvalue weighted by Gasteiger charge is 2.29. The minimum Gasteiger partial charge on any atom is -0.396 e. The van der Waals surface area contributed by atoms with Crippen molar-refractivity contribution in [3.05, 3.63) is 30.5 Å². The van der Waals surface area contributed by atoms with Crippen LogP contribution in [0.2, 0.25) is 0 Å². The molecule has 1 fully saturated rings. The topological polar surface area (TPSA) is 56.3 Å². The van der Waals surface area contributed by atoms with Crippen LogP contribution in [0, 0.1) is 5.92 Å². The Balaban J connectivity index is 1.95. The normalized spacial score (nSPS) is 20.4. The van der Waals surface area contributed by atoms with E-state index in [4.69, 9.17) is 5.11 Å². The van der Waals surface area contributed by atoms with Crippen molar-refractivity contribution in [1.82, 2.24) is 4.98 Å². The third kappa shape index (κ3) is 1.70. The monoisotopic (exact) mass is 230 g/mol. The predicted octanol–water partition coefficient (Wildman–Crippen LogP) is 1.51. The van der Waals surface area contributed by atoms with Crippen molar-refractivity contribution in [3.8, 4) is 0 Å². The van der Waals surface area contributed by atoms with E-state index in [9.17, 15) is 4.79 Å². The highest BCUT2D eigenvalue weighted by molar-refractivity contribution is 5.97. The lowest BCUT2D eigenvalue weighted by Crippen LogP contribution is -2.24. The predicted molar refractivity (Wildman–Crippen MR) is 65.8 cm³/mol. The molecule has 1 aromatic heterocycles. The number of carbonyl (C=O) groups is 1. The van der Waals surface area contributed by atoms with Gasteiger partial charge in [0.05, 0.1) is 0 Å². The number of nitrogens with one attached hydrogen (secondary N) is 1. The Morgan fingerprint density at radius 2 is 2.29 bits per heavy atom. The van der Waals surface area contributed by atoms with Gasteiger partial charge >= 0.3 is 0 Å². The minimum absolute atomic E-state index is 0.0735. The number of hydrogen-bond donors (Lipinski definition) is 2. The van der Waals surface area contributed by atoms with Gasteiger partial charge in [-0.05, 0) is 24.3 Å². The first kappa shape index (κ1) is 10.4. The first-order chi connectivity index (χ1) is 8.28. The van der Waals surface area contributed by atoms with Gasteiger partial charge in [0.25, 0.3) is 0 Å². The first-order valence-electron chi connectivity index (χ1n) is 5.76. The van der Waals surface area contributed by atoms with Crippen LogP contribution in [0.1, 0.15) is 6.42 Å². The fourth-order valence-corrected chi connectivity index (χ4v) is 2.36. The molecule has 0 aliphatic carbocycles. The molecule has 2 aromatic rings. The lowest BCUT2D eigenvalue weighted by molar-refractivity contribution is -0.117. The van der Waals surface area contributed by atoms with Gasteiger partial charge in [-0.1, -0.05) is 0 Å². The second kappa shape index (κ2) is 3.89. The van der Waals surface area contributed by atoms with E-state index in [0.717, 1.165) is 16.6 Å². The number of hydrogen-bond acceptors (Lipinski definition) is 2. The summed E-state index contributed by atoms with van der Waals surface area (Å²) < 4.78 is 0. The van der Waals surface area contributed by atoms with Crippen molar-refractivity contribution in [2.24, 2.45) is 5.92 Å². The number of aromatic nitrogens is 1. The van der Waals surface area contributed by atoms with E-state index in [2.05, 4.69) is 4.98 Å². The summed E-state index contributed by atoms with van der Waals surface area (Å²) in [5.74, 6) is 0.170. The van der Waals surface area contributed by atoms with E-state index in [1.807, 2.05) is 30.5 Å². The molecule has 4 nitrogen and oxygen atoms in total. The fourth-order valence-electron chi connectivity index (χ4n) is 2.36. The lowest BCUT2D eigenvalue weighted by Gasteiger charge is -2.16. The van der Waals surface area contributed by atoms with Crippen LogP contribution in [0.4, 0.5) is 5.69 Å². The van der Waals surface area contributed by atoms with Crippen molar-refractivity contribution in [3.63, 3.8) is 0 Å². The zero-order valence-corrected chi connectivity index (χ0v) is 9.39. The number of nitrogens with zero attached hydrogens (tertiary/aromatic N) is 1. The Morgan fingerprint density at radius 1 is 1.41 bits per heavy atom. The molecule has 1 atom stereocenters. The SMILES string of the molecule is O=C1CC(CO)CN1c1ccc2[nH]ccc2c1. The van der Waals surface area contributed by atoms with Crippen LogP contribution in [-0.4, -0.2) is 29.1 Å². The second-order valence-corrected chi connectivity index (χ2v) is 4.51. The van der Waals surface area contributed by atoms with Crippen molar-refractivity contribution in [2.45, 2.75) is 6.42 Å². The zero-order valence-electron chi connectivity index (χ0n) is 9.39. The number of aliphatic hydroxyl groups excluding tert-OH is 1. The number of aliphatic hydroxyl groups is 1. The molecule has 1 aromatic carbocycles. The van der Waals surface area contributed by atoms with Crippen molar-refractivity contribution >= 4 is 22.5 Å². The lowest BCUT2D eigenvalue weighted by atomic mass is 10.1. The van der Waals surface area contributed by atoms with Crippen LogP contribution >= 0.6 is 0 Å². The maximum atomic E-state index is 11.8. The number of aromatic amines is 1. The van der Waals surface area contributed by atoms with E-state index < -0.39 is 0 Å². The van der Waals surface area contributed by atoms with E-state index in [0.29, 0.717) is 13.0 Å². The van der Waals surface area contributed by atoms with Gasteiger partial charge in [-0.2, -0.15) is 0 Å². The molecule has 88 valence electrons. The molecule has 0 bridgehead atoms. The molecule has 0 saturated carbocycles. The van der Waals surface area contributed by atoms with E-state index >= 15 is 0 Å². The van der Waals surface area contributed by atoms with Crippen LogP contribution in [-0.2, 0) is 4.79 Å². The quantitative estimate of drug-likeness (QED) is 0.821. The molecule has 1 aliphatic rings. The molecular formula is C13H14N2O2. The van der Waals surface area contributed by atoms with Gasteiger partial charge < -0.3 is 15.0 Å². The van der Waals surface area contributed by atoms with Gasteiger partial charge in [0, 0.05) is 48.3 Å². The maximum Gasteiger partial charge on any atom is 0.227 e. The molecule has 3 rings (SSSR count). The average Bonchev–Trinajstić information content (AvgIpc) is 2.93. The summed E-state index contributed by atoms with van der Waals surface area (Å²) in [6, 6.07) is 7.91. The molecular weight excluding hydrogens is 216 g/mol. The Labute approximate surface area is 98.9 Å². The van der Waals surface area contributed by atoms with Gasteiger partial charge in [-0.15, -0.1) is 0 Å². The van der Waals surface area contributed by atoms with E-state index in [1.165, 1.54) is 0 Å². The number of H-pyrrole nitrogens is 1. The summed E-state index contributed by atoms with van der Waals surface area (Å²) in [4.78, 5) is 16.7. The van der Waals surface area contributed by atoms with Gasteiger partial charge in [0.1, 0.15) is 0 Å². The molecule has 4 heteroatoms. The Bertz CT molecular complexity index is 561. The molecule has 1 amide bonds. The third-order valence-electron chi connectivity index (χ3n) is 3.31. The number of carbonyl (C=O) groups excluding carboxylic acids is 1. The Kier molecular flexibility index (Phi) is 2.37. The largest absolute Gasteiger partial charge is 0.396 e. The van der Waals surface area contributed by atoms with Crippen LogP contribution < -0.4 is 4.90 Å². The van der Waals surface area contributed by atoms with Gasteiger partial charge in [-0.3, -0.25) is 4.79 Å². The molecule has 2 N–H and O–H groups in total. The molecule has 0 radical (unpaired) electrons. The summed E-state index contributed by atoms with van der Waals surface area (Å²) in [5.41, 5.74) is 1.98. The van der Waals surface area contributed by atoms with Crippen molar-refractivity contribution in [2.75, 3.05) is 18.1 Å². The van der Waals surface area contributed by atoms with Crippen LogP contribution in [0.5, 0.6) is 0 Å². The zero-order chi connectivity index (χ0) is 11.8. The van der Waals surface area contributed by atoms with E-state index in [-0.39, 0.29) is 18.4 Å². The molecule has 1 aliphatic heterocycles. The smallest absolute Gasteiger partial charge is 0.227 e. The molecule has 0 spiro atoms. The van der Waals surface area contributed by atoms with Crippen LogP contribution in [0.3, 0.4) is 0 Å². The number of fused-ring (bicyclic) bond motifs is 1. The van der Waals surface area contributed by atoms with Crippen molar-refractivity contribution < 1.29 is 9.90 Å². The maximum absolute atomic E-state index is 11.8. The number of amides is 1. The minimum atomic E-state index is 0.0735. The fraction of sp³-hybridized carbons (Fsp3) is 0.308. The molecule has 1 unspecified atom stereocenters. The Hall–Kier alpha value is -1.81. The standard InChI is InChI=1S/C13H14N2O2/c16-8-9-5-13(17)15(7-9)11-1-2-12-10(6-11)3-4-14-12/h1-4,6,9,14,16H,5,7-8H2. The van der Waals surface area contributed by atoms with Gasteiger partial charge in [0.15, 0.2) is 0 Å². The second-order valence-electron chi connectivity index (χ2n) is 4.51. The number of benzene rings is 1. The summed E-state index contributed by atoms with van der Waals surface area (Å²) in [5, 5.41) is 10.2. The summed E-state index contributed by atoms with van der Waals surface area (Å²) >= 11 is 0. The van der Waals surface area contributed by atoms with Crippen LogP contribution in [0.15, 0.2) is 30.5 Å². The highest BCUT2D eigenvalue weighted by Crippen LogP contribution is 2.27. The first-order valence-corrected chi connectivity index (χ1v) is 5.76. The third-order valence-corrected chi connectivity index (χ3v) is 3.31. The summed E-state index contributed by atoms with van der Waals surface area (Å²) in [6.45, 7) is 0.694. The Morgan fingerprint density at radius 3 is 3.06 bits per heavy atom. The number of rotatable bonds is 2. The molecule has 2 heterocycles. The number of anilines is 1. The highest BCUT2D eigenvalue weighted by atomic mass is 16.3. The summed E-state index contributed by atoms with van der Waals surface area (Å²) in [7, 11) is 0. The molecule has 1 saturated heterocycles. The summed E-state index contributed by atoms with van der Waals surface area (Å²) in [6.07, 6.45) is 2.33. The van der Waals surface area contributed by atoms with E-state index in [1.54, 1.807) is 4.90 Å². The van der Waals surface area contributed by atoms with Gasteiger partial charge in [-0.25, -0.2) is 0 Å².